The predicted octanol–water partition coefficient (Wildman–Crippen LogP) is 4.81. The van der Waals surface area contributed by atoms with E-state index in [0.717, 1.165) is 63.5 Å². The molecule has 1 fully saturated rings. The Morgan fingerprint density at radius 2 is 1.84 bits per heavy atom. The highest BCUT2D eigenvalue weighted by Gasteiger charge is 2.18. The van der Waals surface area contributed by atoms with E-state index in [4.69, 9.17) is 0 Å². The summed E-state index contributed by atoms with van der Waals surface area (Å²) in [6.45, 7) is 4.24. The maximum atomic E-state index is 4.65. The first-order valence-electron chi connectivity index (χ1n) is 10.9. The van der Waals surface area contributed by atoms with Crippen molar-refractivity contribution in [3.8, 4) is 22.6 Å². The van der Waals surface area contributed by atoms with Gasteiger partial charge in [0.1, 0.15) is 17.2 Å². The fourth-order valence-electron chi connectivity index (χ4n) is 4.70. The standard InChI is InChI=1S/C24H25N7/c1-15-26-14-22(30(15)2)16-6-7-19-17(12-16)23(29-28-19)20-13-18-21(8-9-25-24(18)27-20)31-10-4-3-5-11-31/h6-9,12-14H,3-5,10-11H2,1-2H3,(H,25,27)(H,28,29). The Labute approximate surface area is 180 Å². The van der Waals surface area contributed by atoms with Crippen LogP contribution in [0.25, 0.3) is 44.6 Å². The number of aryl methyl sites for hydroxylation is 1. The van der Waals surface area contributed by atoms with E-state index in [1.165, 1.54) is 24.9 Å². The fraction of sp³-hybridized carbons (Fsp3) is 0.292. The number of benzene rings is 1. The average molecular weight is 412 g/mol. The van der Waals surface area contributed by atoms with Crippen molar-refractivity contribution >= 4 is 27.6 Å². The molecular formula is C24H25N7. The molecule has 7 nitrogen and oxygen atoms in total. The molecule has 1 aromatic carbocycles. The quantitative estimate of drug-likeness (QED) is 0.447. The van der Waals surface area contributed by atoms with Gasteiger partial charge < -0.3 is 14.5 Å². The second kappa shape index (κ2) is 6.97. The van der Waals surface area contributed by atoms with Gasteiger partial charge in [-0.1, -0.05) is 6.07 Å². The molecule has 5 aromatic rings. The topological polar surface area (TPSA) is 78.4 Å². The van der Waals surface area contributed by atoms with E-state index >= 15 is 0 Å². The molecule has 0 radical (unpaired) electrons. The number of aromatic amines is 2. The Morgan fingerprint density at radius 1 is 0.968 bits per heavy atom. The van der Waals surface area contributed by atoms with Gasteiger partial charge in [-0.25, -0.2) is 9.97 Å². The van der Waals surface area contributed by atoms with Gasteiger partial charge in [-0.05, 0) is 50.5 Å². The summed E-state index contributed by atoms with van der Waals surface area (Å²) in [4.78, 5) is 15.0. The van der Waals surface area contributed by atoms with Crippen molar-refractivity contribution in [2.24, 2.45) is 7.05 Å². The predicted molar refractivity (Wildman–Crippen MR) is 124 cm³/mol. The van der Waals surface area contributed by atoms with Gasteiger partial charge in [-0.15, -0.1) is 0 Å². The molecule has 5 heterocycles. The van der Waals surface area contributed by atoms with Crippen LogP contribution in [0.4, 0.5) is 5.69 Å². The number of hydrogen-bond donors (Lipinski definition) is 2. The highest BCUT2D eigenvalue weighted by Crippen LogP contribution is 2.34. The first-order valence-corrected chi connectivity index (χ1v) is 10.9. The molecule has 1 aliphatic heterocycles. The molecule has 0 atom stereocenters. The summed E-state index contributed by atoms with van der Waals surface area (Å²) >= 11 is 0. The largest absolute Gasteiger partial charge is 0.371 e. The van der Waals surface area contributed by atoms with Crippen LogP contribution in [0.1, 0.15) is 25.1 Å². The molecule has 7 heteroatoms. The van der Waals surface area contributed by atoms with Gasteiger partial charge in [0, 0.05) is 48.4 Å². The first-order chi connectivity index (χ1) is 15.2. The third kappa shape index (κ3) is 2.91. The minimum atomic E-state index is 0.910. The number of rotatable bonds is 3. The normalized spacial score (nSPS) is 14.7. The van der Waals surface area contributed by atoms with Crippen molar-refractivity contribution in [2.75, 3.05) is 18.0 Å². The summed E-state index contributed by atoms with van der Waals surface area (Å²) in [5, 5.41) is 10.1. The summed E-state index contributed by atoms with van der Waals surface area (Å²) in [6, 6.07) is 10.7. The molecule has 0 spiro atoms. The highest BCUT2D eigenvalue weighted by molar-refractivity contribution is 5.99. The van der Waals surface area contributed by atoms with Crippen LogP contribution in [-0.2, 0) is 7.05 Å². The van der Waals surface area contributed by atoms with Crippen molar-refractivity contribution in [2.45, 2.75) is 26.2 Å². The van der Waals surface area contributed by atoms with Crippen LogP contribution >= 0.6 is 0 Å². The van der Waals surface area contributed by atoms with Crippen LogP contribution in [-0.4, -0.2) is 42.8 Å². The second-order valence-corrected chi connectivity index (χ2v) is 8.41. The van der Waals surface area contributed by atoms with Crippen molar-refractivity contribution in [1.29, 1.82) is 0 Å². The lowest BCUT2D eigenvalue weighted by molar-refractivity contribution is 0.579. The lowest BCUT2D eigenvalue weighted by Gasteiger charge is -2.29. The number of piperidine rings is 1. The van der Waals surface area contributed by atoms with Gasteiger partial charge in [0.05, 0.1) is 23.1 Å². The summed E-state index contributed by atoms with van der Waals surface area (Å²) < 4.78 is 2.11. The van der Waals surface area contributed by atoms with E-state index in [0.29, 0.717) is 0 Å². The zero-order valence-electron chi connectivity index (χ0n) is 17.8. The van der Waals surface area contributed by atoms with E-state index in [1.807, 2.05) is 26.4 Å². The minimum absolute atomic E-state index is 0.910. The SMILES string of the molecule is Cc1ncc(-c2ccc3[nH]nc(-c4cc5c(N6CCCCC6)ccnc5[nH]4)c3c2)n1C. The molecule has 4 aromatic heterocycles. The van der Waals surface area contributed by atoms with Crippen molar-refractivity contribution in [1.82, 2.24) is 29.7 Å². The van der Waals surface area contributed by atoms with Crippen LogP contribution < -0.4 is 4.90 Å². The number of H-pyrrole nitrogens is 2. The van der Waals surface area contributed by atoms with E-state index < -0.39 is 0 Å². The number of imidazole rings is 1. The smallest absolute Gasteiger partial charge is 0.139 e. The molecule has 2 N–H and O–H groups in total. The van der Waals surface area contributed by atoms with Gasteiger partial charge in [-0.3, -0.25) is 5.10 Å². The third-order valence-corrected chi connectivity index (χ3v) is 6.54. The van der Waals surface area contributed by atoms with E-state index in [-0.39, 0.29) is 0 Å². The molecule has 6 rings (SSSR count). The third-order valence-electron chi connectivity index (χ3n) is 6.54. The maximum Gasteiger partial charge on any atom is 0.139 e. The van der Waals surface area contributed by atoms with Crippen molar-refractivity contribution in [3.63, 3.8) is 0 Å². The minimum Gasteiger partial charge on any atom is -0.371 e. The number of fused-ring (bicyclic) bond motifs is 2. The van der Waals surface area contributed by atoms with Crippen LogP contribution in [0.3, 0.4) is 0 Å². The Balaban J connectivity index is 1.47. The van der Waals surface area contributed by atoms with E-state index in [2.05, 4.69) is 64.9 Å². The lowest BCUT2D eigenvalue weighted by atomic mass is 10.1. The molecule has 156 valence electrons. The monoisotopic (exact) mass is 411 g/mol. The lowest BCUT2D eigenvalue weighted by Crippen LogP contribution is -2.29. The number of nitrogens with zero attached hydrogens (tertiary/aromatic N) is 5. The van der Waals surface area contributed by atoms with Gasteiger partial charge in [0.2, 0.25) is 0 Å². The Bertz CT molecular complexity index is 1400. The number of aromatic nitrogens is 6. The summed E-state index contributed by atoms with van der Waals surface area (Å²) in [5.74, 6) is 0.995. The van der Waals surface area contributed by atoms with Crippen LogP contribution in [0, 0.1) is 6.92 Å². The number of anilines is 1. The first kappa shape index (κ1) is 18.2. The molecule has 0 aliphatic carbocycles. The molecular weight excluding hydrogens is 386 g/mol. The summed E-state index contributed by atoms with van der Waals surface area (Å²) in [7, 11) is 2.05. The molecule has 1 saturated heterocycles. The van der Waals surface area contributed by atoms with Crippen LogP contribution in [0.15, 0.2) is 42.7 Å². The molecule has 0 bridgehead atoms. The van der Waals surface area contributed by atoms with Crippen LogP contribution in [0.2, 0.25) is 0 Å². The van der Waals surface area contributed by atoms with Gasteiger partial charge in [0.25, 0.3) is 0 Å². The highest BCUT2D eigenvalue weighted by atomic mass is 15.1. The summed E-state index contributed by atoms with van der Waals surface area (Å²) in [5.41, 5.74) is 7.31. The van der Waals surface area contributed by atoms with Gasteiger partial charge in [-0.2, -0.15) is 5.10 Å². The van der Waals surface area contributed by atoms with Crippen LogP contribution in [0.5, 0.6) is 0 Å². The zero-order valence-corrected chi connectivity index (χ0v) is 17.8. The zero-order chi connectivity index (χ0) is 20.9. The number of pyridine rings is 1. The second-order valence-electron chi connectivity index (χ2n) is 8.41. The van der Waals surface area contributed by atoms with Crippen molar-refractivity contribution in [3.05, 3.63) is 48.5 Å². The molecule has 0 unspecified atom stereocenters. The Hall–Kier alpha value is -3.61. The molecule has 0 amide bonds. The Morgan fingerprint density at radius 3 is 2.65 bits per heavy atom. The maximum absolute atomic E-state index is 4.65. The number of nitrogens with one attached hydrogen (secondary N) is 2. The molecule has 0 saturated carbocycles. The van der Waals surface area contributed by atoms with E-state index in [9.17, 15) is 0 Å². The van der Waals surface area contributed by atoms with E-state index in [1.54, 1.807) is 0 Å². The fourth-order valence-corrected chi connectivity index (χ4v) is 4.70. The Kier molecular flexibility index (Phi) is 4.09. The van der Waals surface area contributed by atoms with Crippen molar-refractivity contribution < 1.29 is 0 Å². The number of hydrogen-bond acceptors (Lipinski definition) is 4. The molecule has 31 heavy (non-hydrogen) atoms. The van der Waals surface area contributed by atoms with Gasteiger partial charge in [0.15, 0.2) is 0 Å². The average Bonchev–Trinajstić information content (AvgIpc) is 3.50. The van der Waals surface area contributed by atoms with Gasteiger partial charge >= 0.3 is 0 Å². The summed E-state index contributed by atoms with van der Waals surface area (Å²) in [6.07, 6.45) is 7.65. The molecule has 1 aliphatic rings.